The van der Waals surface area contributed by atoms with Crippen LogP contribution in [0.1, 0.15) is 16.7 Å². The van der Waals surface area contributed by atoms with Gasteiger partial charge in [-0.2, -0.15) is 5.26 Å². The minimum atomic E-state index is -0.531. The van der Waals surface area contributed by atoms with E-state index >= 15 is 0 Å². The van der Waals surface area contributed by atoms with Gasteiger partial charge in [-0.15, -0.1) is 0 Å². The summed E-state index contributed by atoms with van der Waals surface area (Å²) in [5.74, 6) is 0.536. The maximum atomic E-state index is 12.7. The molecule has 1 N–H and O–H groups in total. The maximum Gasteiger partial charge on any atom is 0.266 e. The lowest BCUT2D eigenvalue weighted by Crippen LogP contribution is -2.14. The molecule has 3 aromatic rings. The van der Waals surface area contributed by atoms with Gasteiger partial charge in [-0.3, -0.25) is 4.79 Å². The molecule has 3 rings (SSSR count). The van der Waals surface area contributed by atoms with Crippen molar-refractivity contribution in [2.75, 3.05) is 12.4 Å². The van der Waals surface area contributed by atoms with Crippen molar-refractivity contribution in [3.05, 3.63) is 94.0 Å². The lowest BCUT2D eigenvalue weighted by Gasteiger charge is -2.12. The summed E-state index contributed by atoms with van der Waals surface area (Å²) in [5.41, 5.74) is 2.93. The molecule has 0 aromatic heterocycles. The normalized spacial score (nSPS) is 10.8. The fourth-order valence-corrected chi connectivity index (χ4v) is 3.15. The van der Waals surface area contributed by atoms with Gasteiger partial charge in [0.1, 0.15) is 29.7 Å². The van der Waals surface area contributed by atoms with Crippen LogP contribution in [0.4, 0.5) is 5.69 Å². The van der Waals surface area contributed by atoms with E-state index in [-0.39, 0.29) is 5.57 Å². The number of nitrogens with zero attached hydrogens (tertiary/aromatic N) is 1. The lowest BCUT2D eigenvalue weighted by molar-refractivity contribution is -0.112. The van der Waals surface area contributed by atoms with Crippen LogP contribution in [0.5, 0.6) is 11.5 Å². The van der Waals surface area contributed by atoms with E-state index in [1.165, 1.54) is 13.2 Å². The monoisotopic (exact) mass is 432 g/mol. The molecule has 5 nitrogen and oxygen atoms in total. The number of aryl methyl sites for hydroxylation is 1. The Kier molecular flexibility index (Phi) is 7.31. The maximum absolute atomic E-state index is 12.7. The van der Waals surface area contributed by atoms with E-state index < -0.39 is 5.91 Å². The van der Waals surface area contributed by atoms with Crippen molar-refractivity contribution in [2.24, 2.45) is 0 Å². The summed E-state index contributed by atoms with van der Waals surface area (Å²) < 4.78 is 11.2. The number of hydrogen-bond donors (Lipinski definition) is 1. The minimum absolute atomic E-state index is 0.0534. The number of ether oxygens (including phenoxy) is 2. The lowest BCUT2D eigenvalue weighted by atomic mass is 10.1. The zero-order valence-electron chi connectivity index (χ0n) is 17.2. The molecule has 1 amide bonds. The average molecular weight is 433 g/mol. The Morgan fingerprint density at radius 1 is 1.10 bits per heavy atom. The molecule has 0 fully saturated rings. The van der Waals surface area contributed by atoms with E-state index in [1.807, 2.05) is 49.4 Å². The third-order valence-electron chi connectivity index (χ3n) is 4.47. The summed E-state index contributed by atoms with van der Waals surface area (Å²) in [6, 6.07) is 22.0. The van der Waals surface area contributed by atoms with Crippen molar-refractivity contribution >= 4 is 29.3 Å². The highest BCUT2D eigenvalue weighted by Gasteiger charge is 2.14. The Balaban J connectivity index is 1.82. The summed E-state index contributed by atoms with van der Waals surface area (Å²) in [6.07, 6.45) is 1.50. The smallest absolute Gasteiger partial charge is 0.266 e. The van der Waals surface area contributed by atoms with E-state index in [1.54, 1.807) is 30.3 Å². The van der Waals surface area contributed by atoms with E-state index in [4.69, 9.17) is 21.1 Å². The van der Waals surface area contributed by atoms with Gasteiger partial charge in [0, 0.05) is 10.6 Å². The second-order valence-electron chi connectivity index (χ2n) is 6.78. The number of para-hydroxylation sites is 1. The molecule has 0 heterocycles. The molecule has 0 unspecified atom stereocenters. The van der Waals surface area contributed by atoms with Gasteiger partial charge in [-0.1, -0.05) is 48.0 Å². The Morgan fingerprint density at radius 3 is 2.65 bits per heavy atom. The van der Waals surface area contributed by atoms with Crippen LogP contribution in [0, 0.1) is 18.3 Å². The molecule has 0 saturated carbocycles. The molecule has 6 heteroatoms. The second kappa shape index (κ2) is 10.3. The minimum Gasteiger partial charge on any atom is -0.495 e. The predicted octanol–water partition coefficient (Wildman–Crippen LogP) is 5.78. The highest BCUT2D eigenvalue weighted by molar-refractivity contribution is 6.30. The quantitative estimate of drug-likeness (QED) is 0.379. The molecule has 0 bridgehead atoms. The molecule has 0 spiro atoms. The van der Waals surface area contributed by atoms with Crippen molar-refractivity contribution in [3.63, 3.8) is 0 Å². The van der Waals surface area contributed by atoms with Crippen LogP contribution in [0.2, 0.25) is 5.02 Å². The van der Waals surface area contributed by atoms with Crippen LogP contribution < -0.4 is 14.8 Å². The molecule has 0 radical (unpaired) electrons. The summed E-state index contributed by atoms with van der Waals surface area (Å²) in [5, 5.41) is 13.0. The Hall–Kier alpha value is -3.75. The number of rotatable bonds is 7. The first-order valence-electron chi connectivity index (χ1n) is 9.54. The highest BCUT2D eigenvalue weighted by atomic mass is 35.5. The number of halogens is 1. The Morgan fingerprint density at radius 2 is 1.90 bits per heavy atom. The number of benzene rings is 3. The average Bonchev–Trinajstić information content (AvgIpc) is 2.77. The van der Waals surface area contributed by atoms with E-state index in [9.17, 15) is 10.1 Å². The first-order chi connectivity index (χ1) is 15.0. The molecular weight excluding hydrogens is 412 g/mol. The SMILES string of the molecule is COc1ccc(C)cc1NC(=O)/C(C#N)=C/c1ccccc1OCc1cccc(Cl)c1. The molecule has 0 atom stereocenters. The number of anilines is 1. The predicted molar refractivity (Wildman–Crippen MR) is 122 cm³/mol. The van der Waals surface area contributed by atoms with Crippen LogP contribution in [0.25, 0.3) is 6.08 Å². The van der Waals surface area contributed by atoms with Gasteiger partial charge in [0.2, 0.25) is 0 Å². The first-order valence-corrected chi connectivity index (χ1v) is 9.92. The zero-order valence-corrected chi connectivity index (χ0v) is 17.9. The number of nitriles is 1. The van der Waals surface area contributed by atoms with Gasteiger partial charge in [-0.05, 0) is 54.5 Å². The number of carbonyl (C=O) groups is 1. The highest BCUT2D eigenvalue weighted by Crippen LogP contribution is 2.27. The van der Waals surface area contributed by atoms with E-state index in [2.05, 4.69) is 5.32 Å². The van der Waals surface area contributed by atoms with Crippen molar-refractivity contribution in [1.82, 2.24) is 0 Å². The molecule has 156 valence electrons. The third-order valence-corrected chi connectivity index (χ3v) is 4.71. The second-order valence-corrected chi connectivity index (χ2v) is 7.22. The molecule has 0 saturated heterocycles. The first kappa shape index (κ1) is 21.9. The van der Waals surface area contributed by atoms with Crippen LogP contribution in [-0.2, 0) is 11.4 Å². The summed E-state index contributed by atoms with van der Waals surface area (Å²) in [6.45, 7) is 2.21. The molecule has 0 aliphatic carbocycles. The van der Waals surface area contributed by atoms with Gasteiger partial charge < -0.3 is 14.8 Å². The van der Waals surface area contributed by atoms with Crippen LogP contribution >= 0.6 is 11.6 Å². The van der Waals surface area contributed by atoms with Gasteiger partial charge in [0.25, 0.3) is 5.91 Å². The van der Waals surface area contributed by atoms with Crippen LogP contribution in [0.15, 0.2) is 72.3 Å². The van der Waals surface area contributed by atoms with Crippen LogP contribution in [-0.4, -0.2) is 13.0 Å². The molecular formula is C25H21ClN2O3. The fraction of sp³-hybridized carbons (Fsp3) is 0.120. The largest absolute Gasteiger partial charge is 0.495 e. The number of carbonyl (C=O) groups excluding carboxylic acids is 1. The topological polar surface area (TPSA) is 71.3 Å². The van der Waals surface area contributed by atoms with Gasteiger partial charge in [-0.25, -0.2) is 0 Å². The fourth-order valence-electron chi connectivity index (χ4n) is 2.93. The standard InChI is InChI=1S/C25H21ClN2O3/c1-17-10-11-24(30-2)22(12-17)28-25(29)20(15-27)14-19-7-3-4-9-23(19)31-16-18-6-5-8-21(26)13-18/h3-14H,16H2,1-2H3,(H,28,29)/b20-14+. The number of hydrogen-bond acceptors (Lipinski definition) is 4. The Bertz CT molecular complexity index is 1170. The third kappa shape index (κ3) is 5.88. The summed E-state index contributed by atoms with van der Waals surface area (Å²) in [4.78, 5) is 12.7. The van der Waals surface area contributed by atoms with Crippen molar-refractivity contribution in [1.29, 1.82) is 5.26 Å². The molecule has 0 aliphatic heterocycles. The molecule has 3 aromatic carbocycles. The van der Waals surface area contributed by atoms with E-state index in [0.29, 0.717) is 34.4 Å². The Labute approximate surface area is 186 Å². The van der Waals surface area contributed by atoms with Crippen LogP contribution in [0.3, 0.4) is 0 Å². The van der Waals surface area contributed by atoms with Crippen molar-refractivity contribution in [2.45, 2.75) is 13.5 Å². The molecule has 31 heavy (non-hydrogen) atoms. The number of nitrogens with one attached hydrogen (secondary N) is 1. The summed E-state index contributed by atoms with van der Waals surface area (Å²) in [7, 11) is 1.52. The van der Waals surface area contributed by atoms with Gasteiger partial charge >= 0.3 is 0 Å². The summed E-state index contributed by atoms with van der Waals surface area (Å²) >= 11 is 6.02. The van der Waals surface area contributed by atoms with Gasteiger partial charge in [0.05, 0.1) is 12.8 Å². The van der Waals surface area contributed by atoms with Crippen molar-refractivity contribution < 1.29 is 14.3 Å². The van der Waals surface area contributed by atoms with E-state index in [0.717, 1.165) is 11.1 Å². The zero-order chi connectivity index (χ0) is 22.2. The van der Waals surface area contributed by atoms with Gasteiger partial charge in [0.15, 0.2) is 0 Å². The molecule has 0 aliphatic rings. The van der Waals surface area contributed by atoms with Crippen molar-refractivity contribution in [3.8, 4) is 17.6 Å². The number of amides is 1. The number of methoxy groups -OCH3 is 1.